The lowest BCUT2D eigenvalue weighted by molar-refractivity contribution is -0.141. The maximum Gasteiger partial charge on any atom is 0.307 e. The molecule has 0 fully saturated rings. The largest absolute Gasteiger partial charge is 0.469 e. The minimum absolute atomic E-state index is 0.0245. The molecule has 1 unspecified atom stereocenters. The van der Waals surface area contributed by atoms with E-state index in [1.165, 1.54) is 24.5 Å². The number of methoxy groups -OCH3 is 1. The van der Waals surface area contributed by atoms with Crippen LogP contribution in [0.4, 0.5) is 4.39 Å². The molecule has 0 saturated heterocycles. The molecule has 1 aromatic carbocycles. The van der Waals surface area contributed by atoms with Crippen LogP contribution in [-0.2, 0) is 19.6 Å². The molecule has 1 heterocycles. The van der Waals surface area contributed by atoms with Crippen molar-refractivity contribution in [2.24, 2.45) is 0 Å². The minimum atomic E-state index is -4.08. The Kier molecular flexibility index (Phi) is 7.88. The van der Waals surface area contributed by atoms with Gasteiger partial charge < -0.3 is 10.1 Å². The number of halogens is 1. The van der Waals surface area contributed by atoms with Crippen molar-refractivity contribution in [1.82, 2.24) is 9.62 Å². The molecule has 7 nitrogen and oxygen atoms in total. The molecule has 2 aromatic rings. The lowest BCUT2D eigenvalue weighted by atomic mass is 10.1. The van der Waals surface area contributed by atoms with Crippen LogP contribution in [0.1, 0.15) is 41.5 Å². The Morgan fingerprint density at radius 3 is 2.48 bits per heavy atom. The normalized spacial score (nSPS) is 12.6. The van der Waals surface area contributed by atoms with Gasteiger partial charge in [0.2, 0.25) is 10.0 Å². The van der Waals surface area contributed by atoms with Crippen LogP contribution < -0.4 is 5.32 Å². The van der Waals surface area contributed by atoms with Gasteiger partial charge in [-0.2, -0.15) is 4.31 Å². The van der Waals surface area contributed by atoms with Crippen molar-refractivity contribution in [3.63, 3.8) is 0 Å². The molecule has 0 aliphatic carbocycles. The molecular formula is C19H23FN2O5S2. The van der Waals surface area contributed by atoms with Crippen molar-refractivity contribution >= 4 is 33.2 Å². The molecule has 10 heteroatoms. The summed E-state index contributed by atoms with van der Waals surface area (Å²) in [6, 6.07) is 6.06. The molecule has 1 N–H and O–H groups in total. The van der Waals surface area contributed by atoms with Crippen molar-refractivity contribution in [3.05, 3.63) is 52.0 Å². The van der Waals surface area contributed by atoms with Gasteiger partial charge >= 0.3 is 5.97 Å². The van der Waals surface area contributed by atoms with Crippen LogP contribution >= 0.6 is 11.3 Å². The maximum absolute atomic E-state index is 14.3. The predicted molar refractivity (Wildman–Crippen MR) is 108 cm³/mol. The Bertz CT molecular complexity index is 957. The summed E-state index contributed by atoms with van der Waals surface area (Å²) >= 11 is 1.36. The Morgan fingerprint density at radius 1 is 1.24 bits per heavy atom. The fraction of sp³-hybridized carbons (Fsp3) is 0.368. The molecule has 1 atom stereocenters. The summed E-state index contributed by atoms with van der Waals surface area (Å²) in [7, 11) is -2.83. The Morgan fingerprint density at radius 2 is 1.93 bits per heavy atom. The SMILES string of the molecule is CCN(CC)S(=O)(=O)c1cc(C(=O)NC(CC(=O)OC)c2cccs2)ccc1F. The topological polar surface area (TPSA) is 92.8 Å². The van der Waals surface area contributed by atoms with Crippen LogP contribution in [0, 0.1) is 5.82 Å². The average Bonchev–Trinajstić information content (AvgIpc) is 3.22. The lowest BCUT2D eigenvalue weighted by Gasteiger charge is -2.20. The number of benzene rings is 1. The number of nitrogens with one attached hydrogen (secondary N) is 1. The lowest BCUT2D eigenvalue weighted by Crippen LogP contribution is -2.32. The van der Waals surface area contributed by atoms with E-state index in [2.05, 4.69) is 10.1 Å². The maximum atomic E-state index is 14.3. The third-order valence-corrected chi connectivity index (χ3v) is 7.36. The first-order valence-corrected chi connectivity index (χ1v) is 11.3. The number of ether oxygens (including phenoxy) is 1. The summed E-state index contributed by atoms with van der Waals surface area (Å²) in [6.45, 7) is 3.64. The van der Waals surface area contributed by atoms with Crippen molar-refractivity contribution < 1.29 is 27.1 Å². The van der Waals surface area contributed by atoms with E-state index >= 15 is 0 Å². The standard InChI is InChI=1S/C19H23FN2O5S2/c1-4-22(5-2)29(25,26)17-11-13(8-9-14(17)20)19(24)21-15(12-18(23)27-3)16-7-6-10-28-16/h6-11,15H,4-5,12H2,1-3H3,(H,21,24). The van der Waals surface area contributed by atoms with Gasteiger partial charge in [-0.3, -0.25) is 9.59 Å². The van der Waals surface area contributed by atoms with E-state index in [-0.39, 0.29) is 25.1 Å². The van der Waals surface area contributed by atoms with E-state index in [1.54, 1.807) is 31.4 Å². The van der Waals surface area contributed by atoms with Crippen molar-refractivity contribution in [3.8, 4) is 0 Å². The molecule has 0 aliphatic heterocycles. The highest BCUT2D eigenvalue weighted by Crippen LogP contribution is 2.24. The molecule has 29 heavy (non-hydrogen) atoms. The van der Waals surface area contributed by atoms with Gasteiger partial charge in [0.25, 0.3) is 5.91 Å². The number of carbonyl (C=O) groups is 2. The Labute approximate surface area is 173 Å². The van der Waals surface area contributed by atoms with Crippen LogP contribution in [-0.4, -0.2) is 44.8 Å². The van der Waals surface area contributed by atoms with Gasteiger partial charge in [-0.05, 0) is 29.6 Å². The van der Waals surface area contributed by atoms with E-state index in [9.17, 15) is 22.4 Å². The highest BCUT2D eigenvalue weighted by atomic mass is 32.2. The van der Waals surface area contributed by atoms with Crippen LogP contribution in [0.5, 0.6) is 0 Å². The van der Waals surface area contributed by atoms with Crippen LogP contribution in [0.2, 0.25) is 0 Å². The quantitative estimate of drug-likeness (QED) is 0.603. The zero-order valence-electron chi connectivity index (χ0n) is 16.3. The van der Waals surface area contributed by atoms with E-state index < -0.39 is 38.7 Å². The van der Waals surface area contributed by atoms with Gasteiger partial charge in [0.1, 0.15) is 10.7 Å². The molecule has 0 aliphatic rings. The first kappa shape index (κ1) is 23.0. The summed E-state index contributed by atoms with van der Waals surface area (Å²) in [5, 5.41) is 4.50. The number of esters is 1. The van der Waals surface area contributed by atoms with E-state index in [0.717, 1.165) is 21.3 Å². The molecule has 158 valence electrons. The van der Waals surface area contributed by atoms with Gasteiger partial charge in [-0.25, -0.2) is 12.8 Å². The van der Waals surface area contributed by atoms with E-state index in [0.29, 0.717) is 0 Å². The van der Waals surface area contributed by atoms with Crippen LogP contribution in [0.25, 0.3) is 0 Å². The van der Waals surface area contributed by atoms with Crippen LogP contribution in [0.15, 0.2) is 40.6 Å². The van der Waals surface area contributed by atoms with E-state index in [4.69, 9.17) is 0 Å². The Hall–Kier alpha value is -2.30. The second-order valence-corrected chi connectivity index (χ2v) is 8.94. The first-order valence-electron chi connectivity index (χ1n) is 8.95. The zero-order valence-corrected chi connectivity index (χ0v) is 18.0. The zero-order chi connectivity index (χ0) is 21.6. The monoisotopic (exact) mass is 442 g/mol. The molecule has 1 aromatic heterocycles. The molecule has 2 rings (SSSR count). The van der Waals surface area contributed by atoms with Crippen molar-refractivity contribution in [1.29, 1.82) is 0 Å². The second-order valence-electron chi connectivity index (χ2n) is 6.06. The molecule has 0 spiro atoms. The number of hydrogen-bond donors (Lipinski definition) is 1. The summed E-state index contributed by atoms with van der Waals surface area (Å²) in [4.78, 5) is 24.6. The molecule has 0 bridgehead atoms. The number of thiophene rings is 1. The third-order valence-electron chi connectivity index (χ3n) is 4.31. The fourth-order valence-corrected chi connectivity index (χ4v) is 5.08. The second kappa shape index (κ2) is 9.95. The molecule has 0 radical (unpaired) electrons. The Balaban J connectivity index is 2.34. The highest BCUT2D eigenvalue weighted by Gasteiger charge is 2.27. The summed E-state index contributed by atoms with van der Waals surface area (Å²) in [6.07, 6.45) is -0.0887. The summed E-state index contributed by atoms with van der Waals surface area (Å²) in [5.41, 5.74) is -0.0245. The smallest absolute Gasteiger partial charge is 0.307 e. The molecular weight excluding hydrogens is 419 g/mol. The van der Waals surface area contributed by atoms with Gasteiger partial charge in [0.05, 0.1) is 19.6 Å². The number of rotatable bonds is 9. The number of hydrogen-bond acceptors (Lipinski definition) is 6. The van der Waals surface area contributed by atoms with Gasteiger partial charge in [-0.15, -0.1) is 11.3 Å². The first-order chi connectivity index (χ1) is 13.7. The molecule has 0 saturated carbocycles. The van der Waals surface area contributed by atoms with Gasteiger partial charge in [0, 0.05) is 23.5 Å². The molecule has 1 amide bonds. The third kappa shape index (κ3) is 5.40. The average molecular weight is 443 g/mol. The van der Waals surface area contributed by atoms with Crippen LogP contribution in [0.3, 0.4) is 0 Å². The predicted octanol–water partition coefficient (Wildman–Crippen LogP) is 2.95. The fourth-order valence-electron chi connectivity index (χ4n) is 2.75. The number of sulfonamides is 1. The van der Waals surface area contributed by atoms with Crippen molar-refractivity contribution in [2.75, 3.05) is 20.2 Å². The van der Waals surface area contributed by atoms with E-state index in [1.807, 2.05) is 0 Å². The number of amides is 1. The number of carbonyl (C=O) groups excluding carboxylic acids is 2. The van der Waals surface area contributed by atoms with Gasteiger partial charge in [0.15, 0.2) is 0 Å². The summed E-state index contributed by atoms with van der Waals surface area (Å²) < 4.78 is 45.4. The van der Waals surface area contributed by atoms with Gasteiger partial charge in [-0.1, -0.05) is 19.9 Å². The number of nitrogens with zero attached hydrogens (tertiary/aromatic N) is 1. The highest BCUT2D eigenvalue weighted by molar-refractivity contribution is 7.89. The van der Waals surface area contributed by atoms with Crippen molar-refractivity contribution in [2.45, 2.75) is 31.2 Å². The summed E-state index contributed by atoms with van der Waals surface area (Å²) in [5.74, 6) is -2.06. The minimum Gasteiger partial charge on any atom is -0.469 e.